The first-order valence-electron chi connectivity index (χ1n) is 9.32. The molecule has 0 aromatic heterocycles. The molecule has 0 atom stereocenters. The molecule has 1 aromatic rings. The van der Waals surface area contributed by atoms with Crippen LogP contribution in [0.1, 0.15) is 36.2 Å². The Labute approximate surface area is 164 Å². The van der Waals surface area contributed by atoms with Crippen molar-refractivity contribution in [3.63, 3.8) is 0 Å². The van der Waals surface area contributed by atoms with Gasteiger partial charge in [-0.3, -0.25) is 4.79 Å². The second-order valence-electron chi connectivity index (χ2n) is 6.66. The Kier molecular flexibility index (Phi) is 7.57. The topological polar surface area (TPSA) is 35.9 Å². The van der Waals surface area contributed by atoms with E-state index in [0.717, 1.165) is 38.3 Å². The third kappa shape index (κ3) is 5.55. The lowest BCUT2D eigenvalue weighted by atomic mass is 9.99. The fourth-order valence-corrected chi connectivity index (χ4v) is 2.94. The van der Waals surface area contributed by atoms with E-state index in [4.69, 9.17) is 0 Å². The van der Waals surface area contributed by atoms with E-state index >= 15 is 0 Å². The quantitative estimate of drug-likeness (QED) is 0.322. The number of amidine groups is 1. The van der Waals surface area contributed by atoms with Gasteiger partial charge < -0.3 is 9.80 Å². The van der Waals surface area contributed by atoms with E-state index in [1.54, 1.807) is 18.4 Å². The minimum absolute atomic E-state index is 0.218. The minimum atomic E-state index is -4.43. The summed E-state index contributed by atoms with van der Waals surface area (Å²) in [6.07, 6.45) is 1.40. The number of halogens is 3. The number of likely N-dealkylation sites (N-methyl/N-ethyl adjacent to an activating group) is 1. The molecule has 28 heavy (non-hydrogen) atoms. The zero-order chi connectivity index (χ0) is 20.7. The number of piperazine rings is 1. The first-order valence-corrected chi connectivity index (χ1v) is 9.32. The van der Waals surface area contributed by atoms with Crippen LogP contribution >= 0.6 is 0 Å². The predicted molar refractivity (Wildman–Crippen MR) is 105 cm³/mol. The van der Waals surface area contributed by atoms with Crippen LogP contribution in [0.4, 0.5) is 13.2 Å². The molecule has 0 N–H and O–H groups in total. The predicted octanol–water partition coefficient (Wildman–Crippen LogP) is 4.40. The van der Waals surface area contributed by atoms with Crippen molar-refractivity contribution in [1.82, 2.24) is 9.80 Å². The van der Waals surface area contributed by atoms with Crippen molar-refractivity contribution in [3.05, 3.63) is 59.3 Å². The maximum absolute atomic E-state index is 13.1. The molecule has 0 unspecified atom stereocenters. The zero-order valence-electron chi connectivity index (χ0n) is 16.5. The molecule has 1 saturated heterocycles. The van der Waals surface area contributed by atoms with Gasteiger partial charge in [0.1, 0.15) is 5.84 Å². The standard InChI is InChI=1S/C21H26F3N3O/c1-4-6-18(19(28)16-7-9-17(10-8-16)21(22,23)24)20(25-11-5-2)27-14-12-26(3)13-15-27/h5-11H,4,12-15H2,1-3H3/b11-5-,18-6+,25-20-. The summed E-state index contributed by atoms with van der Waals surface area (Å²) in [6, 6.07) is 4.34. The molecule has 0 aliphatic carbocycles. The maximum Gasteiger partial charge on any atom is 0.416 e. The van der Waals surface area contributed by atoms with Gasteiger partial charge in [-0.15, -0.1) is 0 Å². The minimum Gasteiger partial charge on any atom is -0.353 e. The molecular formula is C21H26F3N3O. The normalized spacial score (nSPS) is 17.4. The summed E-state index contributed by atoms with van der Waals surface area (Å²) < 4.78 is 38.4. The maximum atomic E-state index is 13.1. The molecule has 0 radical (unpaired) electrons. The lowest BCUT2D eigenvalue weighted by Gasteiger charge is -2.35. The van der Waals surface area contributed by atoms with Crippen molar-refractivity contribution in [2.45, 2.75) is 26.4 Å². The van der Waals surface area contributed by atoms with Crippen molar-refractivity contribution < 1.29 is 18.0 Å². The summed E-state index contributed by atoms with van der Waals surface area (Å²) in [7, 11) is 2.04. The molecule has 1 aliphatic heterocycles. The lowest BCUT2D eigenvalue weighted by Crippen LogP contribution is -2.48. The number of benzene rings is 1. The van der Waals surface area contributed by atoms with Crippen LogP contribution in [-0.4, -0.2) is 54.6 Å². The first-order chi connectivity index (χ1) is 13.3. The Morgan fingerprint density at radius 2 is 1.75 bits per heavy atom. The number of carbonyl (C=O) groups excluding carboxylic acids is 1. The molecule has 2 rings (SSSR count). The van der Waals surface area contributed by atoms with E-state index in [9.17, 15) is 18.0 Å². The molecule has 1 heterocycles. The third-order valence-electron chi connectivity index (χ3n) is 4.52. The van der Waals surface area contributed by atoms with Gasteiger partial charge in [0.05, 0.1) is 11.1 Å². The van der Waals surface area contributed by atoms with E-state index in [2.05, 4.69) is 14.8 Å². The first kappa shape index (κ1) is 21.9. The Morgan fingerprint density at radius 1 is 1.14 bits per heavy atom. The molecular weight excluding hydrogens is 367 g/mol. The Hall–Kier alpha value is -2.41. The highest BCUT2D eigenvalue weighted by Crippen LogP contribution is 2.29. The van der Waals surface area contributed by atoms with Crippen molar-refractivity contribution >= 4 is 11.6 Å². The van der Waals surface area contributed by atoms with Gasteiger partial charge in [-0.2, -0.15) is 13.2 Å². The molecule has 0 spiro atoms. The molecule has 7 heteroatoms. The van der Waals surface area contributed by atoms with Crippen LogP contribution in [0.2, 0.25) is 0 Å². The average molecular weight is 393 g/mol. The van der Waals surface area contributed by atoms with Gasteiger partial charge >= 0.3 is 6.18 Å². The monoisotopic (exact) mass is 393 g/mol. The number of nitrogens with zero attached hydrogens (tertiary/aromatic N) is 3. The van der Waals surface area contributed by atoms with Gasteiger partial charge in [-0.1, -0.05) is 31.2 Å². The third-order valence-corrected chi connectivity index (χ3v) is 4.52. The number of carbonyl (C=O) groups is 1. The van der Waals surface area contributed by atoms with E-state index in [0.29, 0.717) is 17.8 Å². The number of aliphatic imine (C=N–C) groups is 1. The lowest BCUT2D eigenvalue weighted by molar-refractivity contribution is -0.137. The number of allylic oxidation sites excluding steroid dienone is 2. The van der Waals surface area contributed by atoms with Crippen LogP contribution in [0.15, 0.2) is 53.2 Å². The summed E-state index contributed by atoms with van der Waals surface area (Å²) in [5.74, 6) is 0.246. The van der Waals surface area contributed by atoms with Crippen LogP contribution < -0.4 is 0 Å². The highest BCUT2D eigenvalue weighted by molar-refractivity contribution is 6.27. The summed E-state index contributed by atoms with van der Waals surface area (Å²) in [5.41, 5.74) is -0.133. The number of rotatable bonds is 5. The fraction of sp³-hybridized carbons (Fsp3) is 0.429. The highest BCUT2D eigenvalue weighted by atomic mass is 19.4. The van der Waals surface area contributed by atoms with Crippen LogP contribution in [0.3, 0.4) is 0 Å². The van der Waals surface area contributed by atoms with E-state index in [-0.39, 0.29) is 11.3 Å². The van der Waals surface area contributed by atoms with Crippen molar-refractivity contribution in [2.75, 3.05) is 33.2 Å². The number of Topliss-reactive ketones (excluding diaryl/α,β-unsaturated/α-hetero) is 1. The molecule has 0 bridgehead atoms. The van der Waals surface area contributed by atoms with Crippen LogP contribution in [0.25, 0.3) is 0 Å². The average Bonchev–Trinajstić information content (AvgIpc) is 2.67. The van der Waals surface area contributed by atoms with Gasteiger partial charge in [-0.25, -0.2) is 4.99 Å². The summed E-state index contributed by atoms with van der Waals surface area (Å²) >= 11 is 0. The van der Waals surface area contributed by atoms with Gasteiger partial charge in [0.15, 0.2) is 5.78 Å². The summed E-state index contributed by atoms with van der Waals surface area (Å²) in [6.45, 7) is 6.91. The number of hydrogen-bond donors (Lipinski definition) is 0. The Morgan fingerprint density at radius 3 is 2.25 bits per heavy atom. The molecule has 1 aromatic carbocycles. The second kappa shape index (κ2) is 9.68. The highest BCUT2D eigenvalue weighted by Gasteiger charge is 2.31. The SMILES string of the molecule is C\C=C/N=C(/C(=C/CC)C(=O)c1ccc(C(F)(F)F)cc1)N1CCN(C)CC1. The molecule has 0 amide bonds. The number of alkyl halides is 3. The van der Waals surface area contributed by atoms with Crippen molar-refractivity contribution in [2.24, 2.45) is 4.99 Å². The molecule has 4 nitrogen and oxygen atoms in total. The van der Waals surface area contributed by atoms with Crippen molar-refractivity contribution in [3.8, 4) is 0 Å². The molecule has 1 aliphatic rings. The van der Waals surface area contributed by atoms with Crippen molar-refractivity contribution in [1.29, 1.82) is 0 Å². The smallest absolute Gasteiger partial charge is 0.353 e. The zero-order valence-corrected chi connectivity index (χ0v) is 16.5. The molecule has 152 valence electrons. The number of hydrogen-bond acceptors (Lipinski definition) is 3. The van der Waals surface area contributed by atoms with Gasteiger partial charge in [0.2, 0.25) is 0 Å². The molecule has 1 fully saturated rings. The fourth-order valence-electron chi connectivity index (χ4n) is 2.94. The van der Waals surface area contributed by atoms with E-state index in [1.807, 2.05) is 20.9 Å². The van der Waals surface area contributed by atoms with Gasteiger partial charge in [0, 0.05) is 37.9 Å². The van der Waals surface area contributed by atoms with E-state index < -0.39 is 11.7 Å². The largest absolute Gasteiger partial charge is 0.416 e. The van der Waals surface area contributed by atoms with Gasteiger partial charge in [0.25, 0.3) is 0 Å². The Bertz CT molecular complexity index is 756. The second-order valence-corrected chi connectivity index (χ2v) is 6.66. The number of ketones is 1. The van der Waals surface area contributed by atoms with Crippen LogP contribution in [-0.2, 0) is 6.18 Å². The van der Waals surface area contributed by atoms with Crippen LogP contribution in [0, 0.1) is 0 Å². The van der Waals surface area contributed by atoms with Gasteiger partial charge in [-0.05, 0) is 32.5 Å². The summed E-state index contributed by atoms with van der Waals surface area (Å²) in [5, 5.41) is 0. The summed E-state index contributed by atoms with van der Waals surface area (Å²) in [4.78, 5) is 21.9. The Balaban J connectivity index is 2.37. The molecule has 0 saturated carbocycles. The van der Waals surface area contributed by atoms with Crippen LogP contribution in [0.5, 0.6) is 0 Å². The van der Waals surface area contributed by atoms with E-state index in [1.165, 1.54) is 12.1 Å².